The van der Waals surface area contributed by atoms with Gasteiger partial charge in [0.2, 0.25) is 11.7 Å². The molecule has 0 atom stereocenters. The summed E-state index contributed by atoms with van der Waals surface area (Å²) in [5, 5.41) is 2.31. The van der Waals surface area contributed by atoms with Crippen LogP contribution in [0, 0.1) is 6.92 Å². The molecule has 1 aliphatic rings. The molecule has 1 amide bonds. The lowest BCUT2D eigenvalue weighted by Crippen LogP contribution is -2.47. The summed E-state index contributed by atoms with van der Waals surface area (Å²) in [6.45, 7) is 7.01. The molecule has 10 heteroatoms. The Morgan fingerprint density at radius 2 is 1.75 bits per heavy atom. The third-order valence-electron chi connectivity index (χ3n) is 5.68. The number of hydrogen-bond donors (Lipinski definition) is 0. The molecule has 0 bridgehead atoms. The van der Waals surface area contributed by atoms with Crippen LogP contribution in [0.2, 0.25) is 0 Å². The van der Waals surface area contributed by atoms with Gasteiger partial charge in [-0.05, 0) is 40.5 Å². The maximum Gasteiger partial charge on any atom is 0.416 e. The molecule has 3 aromatic rings. The highest BCUT2D eigenvalue weighted by Crippen LogP contribution is 2.37. The molecule has 0 N–H and O–H groups in total. The van der Waals surface area contributed by atoms with Gasteiger partial charge in [-0.15, -0.1) is 11.3 Å². The third-order valence-corrected chi connectivity index (χ3v) is 6.64. The zero-order valence-electron chi connectivity index (χ0n) is 20.6. The van der Waals surface area contributed by atoms with E-state index in [0.717, 1.165) is 5.69 Å². The smallest absolute Gasteiger partial charge is 0.416 e. The van der Waals surface area contributed by atoms with Gasteiger partial charge in [0.15, 0.2) is 10.8 Å². The second-order valence-corrected chi connectivity index (χ2v) is 10.7. The van der Waals surface area contributed by atoms with Crippen molar-refractivity contribution in [3.63, 3.8) is 0 Å². The Bertz CT molecular complexity index is 1250. The monoisotopic (exact) mass is 514 g/mol. The second-order valence-electron chi connectivity index (χ2n) is 9.86. The Kier molecular flexibility index (Phi) is 7.17. The first-order valence-corrected chi connectivity index (χ1v) is 12.6. The molecule has 1 aliphatic carbocycles. The first kappa shape index (κ1) is 25.8. The number of ketones is 1. The van der Waals surface area contributed by atoms with E-state index in [0.29, 0.717) is 10.6 Å². The molecule has 1 aromatic carbocycles. The summed E-state index contributed by atoms with van der Waals surface area (Å²) in [4.78, 5) is 41.5. The van der Waals surface area contributed by atoms with Gasteiger partial charge < -0.3 is 4.74 Å². The fraction of sp³-hybridized carbons (Fsp3) is 0.423. The Hall–Kier alpha value is -3.27. The number of halogens is 2. The summed E-state index contributed by atoms with van der Waals surface area (Å²) in [7, 11) is 0. The van der Waals surface area contributed by atoms with E-state index in [9.17, 15) is 18.4 Å². The van der Waals surface area contributed by atoms with Crippen molar-refractivity contribution >= 4 is 29.0 Å². The average Bonchev–Trinajstić information content (AvgIpc) is 3.25. The number of amides is 1. The van der Waals surface area contributed by atoms with Gasteiger partial charge in [-0.2, -0.15) is 0 Å². The molecule has 4 rings (SSSR count). The van der Waals surface area contributed by atoms with Gasteiger partial charge in [-0.1, -0.05) is 30.3 Å². The van der Waals surface area contributed by atoms with Gasteiger partial charge in [-0.3, -0.25) is 9.69 Å². The normalized spacial score (nSPS) is 15.9. The van der Waals surface area contributed by atoms with E-state index in [2.05, 4.69) is 15.0 Å². The Morgan fingerprint density at radius 3 is 2.33 bits per heavy atom. The minimum absolute atomic E-state index is 0.0729. The topological polar surface area (TPSA) is 85.3 Å². The lowest BCUT2D eigenvalue weighted by molar-refractivity contribution is -0.0388. The van der Waals surface area contributed by atoms with E-state index in [1.54, 1.807) is 51.1 Å². The molecule has 1 saturated carbocycles. The van der Waals surface area contributed by atoms with Crippen LogP contribution in [0.3, 0.4) is 0 Å². The molecule has 0 saturated heterocycles. The van der Waals surface area contributed by atoms with E-state index >= 15 is 0 Å². The minimum atomic E-state index is -2.78. The number of thiazole rings is 1. The third kappa shape index (κ3) is 6.10. The highest BCUT2D eigenvalue weighted by atomic mass is 32.1. The lowest BCUT2D eigenvalue weighted by Gasteiger charge is -2.37. The first-order chi connectivity index (χ1) is 16.9. The molecule has 0 aliphatic heterocycles. The van der Waals surface area contributed by atoms with Crippen molar-refractivity contribution in [2.45, 2.75) is 70.9 Å². The Morgan fingerprint density at radius 1 is 1.08 bits per heavy atom. The number of carbonyl (C=O) groups is 2. The van der Waals surface area contributed by atoms with Crippen molar-refractivity contribution in [3.8, 4) is 10.8 Å². The Labute approximate surface area is 212 Å². The van der Waals surface area contributed by atoms with Gasteiger partial charge in [0.25, 0.3) is 0 Å². The van der Waals surface area contributed by atoms with Crippen LogP contribution in [0.5, 0.6) is 0 Å². The number of hydrogen-bond acceptors (Lipinski definition) is 7. The molecule has 0 spiro atoms. The summed E-state index contributed by atoms with van der Waals surface area (Å²) in [5.74, 6) is -2.83. The zero-order valence-corrected chi connectivity index (χ0v) is 21.4. The number of alkyl halides is 2. The molecule has 2 heterocycles. The predicted octanol–water partition coefficient (Wildman–Crippen LogP) is 6.46. The number of rotatable bonds is 5. The van der Waals surface area contributed by atoms with Crippen LogP contribution >= 0.6 is 11.3 Å². The van der Waals surface area contributed by atoms with Crippen LogP contribution in [-0.4, -0.2) is 44.4 Å². The van der Waals surface area contributed by atoms with Crippen molar-refractivity contribution in [2.24, 2.45) is 0 Å². The largest absolute Gasteiger partial charge is 0.443 e. The first-order valence-electron chi connectivity index (χ1n) is 11.7. The van der Waals surface area contributed by atoms with Crippen molar-refractivity contribution in [2.75, 3.05) is 4.90 Å². The van der Waals surface area contributed by atoms with E-state index in [-0.39, 0.29) is 48.8 Å². The number of anilines is 1. The molecule has 190 valence electrons. The number of aromatic nitrogens is 3. The Balaban J connectivity index is 1.83. The van der Waals surface area contributed by atoms with Crippen molar-refractivity contribution in [1.29, 1.82) is 0 Å². The van der Waals surface area contributed by atoms with E-state index in [1.807, 2.05) is 12.3 Å². The SMILES string of the molecule is Cc1csc(-c2nc(C(=O)c3ccccc3)cc(N(C(=O)OC(C)(C)C)C3CCC(F)(F)CC3)n2)n1. The summed E-state index contributed by atoms with van der Waals surface area (Å²) >= 11 is 1.31. The van der Waals surface area contributed by atoms with E-state index < -0.39 is 23.7 Å². The van der Waals surface area contributed by atoms with Gasteiger partial charge >= 0.3 is 6.09 Å². The van der Waals surface area contributed by atoms with Crippen LogP contribution in [-0.2, 0) is 4.74 Å². The predicted molar refractivity (Wildman–Crippen MR) is 134 cm³/mol. The van der Waals surface area contributed by atoms with Crippen LogP contribution in [0.15, 0.2) is 41.8 Å². The number of nitrogens with zero attached hydrogens (tertiary/aromatic N) is 4. The van der Waals surface area contributed by atoms with E-state index in [1.165, 1.54) is 22.3 Å². The lowest BCUT2D eigenvalue weighted by atomic mass is 9.91. The summed E-state index contributed by atoms with van der Waals surface area (Å²) < 4.78 is 33.5. The summed E-state index contributed by atoms with van der Waals surface area (Å²) in [6.07, 6.45) is -1.27. The highest BCUT2D eigenvalue weighted by molar-refractivity contribution is 7.13. The van der Waals surface area contributed by atoms with Crippen LogP contribution in [0.1, 0.15) is 68.2 Å². The van der Waals surface area contributed by atoms with Crippen molar-refractivity contribution in [3.05, 3.63) is 58.7 Å². The zero-order chi connectivity index (χ0) is 26.1. The van der Waals surface area contributed by atoms with Gasteiger partial charge in [0.1, 0.15) is 17.1 Å². The van der Waals surface area contributed by atoms with E-state index in [4.69, 9.17) is 4.74 Å². The molecular formula is C26H28F2N4O3S. The molecular weight excluding hydrogens is 486 g/mol. The minimum Gasteiger partial charge on any atom is -0.443 e. The van der Waals surface area contributed by atoms with Crippen LogP contribution in [0.4, 0.5) is 19.4 Å². The molecule has 0 unspecified atom stereocenters. The van der Waals surface area contributed by atoms with Crippen LogP contribution in [0.25, 0.3) is 10.8 Å². The molecule has 36 heavy (non-hydrogen) atoms. The molecule has 7 nitrogen and oxygen atoms in total. The van der Waals surface area contributed by atoms with Gasteiger partial charge in [0.05, 0.1) is 0 Å². The van der Waals surface area contributed by atoms with Gasteiger partial charge in [-0.25, -0.2) is 28.5 Å². The number of aryl methyl sites for hydroxylation is 1. The molecule has 2 aromatic heterocycles. The number of benzene rings is 1. The standard InChI is InChI=1S/C26H28F2N4O3S/c1-16-15-36-23(29-16)22-30-19(21(33)17-8-6-5-7-9-17)14-20(31-22)32(24(34)35-25(2,3)4)18-10-12-26(27,28)13-11-18/h5-9,14-15,18H,10-13H2,1-4H3. The highest BCUT2D eigenvalue weighted by Gasteiger charge is 2.40. The van der Waals surface area contributed by atoms with Crippen molar-refractivity contribution in [1.82, 2.24) is 15.0 Å². The summed E-state index contributed by atoms with van der Waals surface area (Å²) in [6, 6.07) is 9.49. The quantitative estimate of drug-likeness (QED) is 0.363. The maximum atomic E-state index is 13.9. The summed E-state index contributed by atoms with van der Waals surface area (Å²) in [5.41, 5.74) is 0.436. The number of carbonyl (C=O) groups excluding carboxylic acids is 2. The van der Waals surface area contributed by atoms with Crippen molar-refractivity contribution < 1.29 is 23.1 Å². The van der Waals surface area contributed by atoms with Gasteiger partial charge in [0, 0.05) is 41.6 Å². The number of ether oxygens (including phenoxy) is 1. The second kappa shape index (κ2) is 10.0. The molecule has 0 radical (unpaired) electrons. The maximum absolute atomic E-state index is 13.9. The fourth-order valence-corrected chi connectivity index (χ4v) is 4.72. The fourth-order valence-electron chi connectivity index (χ4n) is 3.99. The average molecular weight is 515 g/mol. The molecule has 1 fully saturated rings. The van der Waals surface area contributed by atoms with Crippen LogP contribution < -0.4 is 4.90 Å².